The molecule has 2 heterocycles. The number of rotatable bonds is 7. The molecule has 1 aliphatic carbocycles. The van der Waals surface area contributed by atoms with Crippen molar-refractivity contribution in [1.82, 2.24) is 15.2 Å². The molecule has 1 aromatic rings. The number of likely N-dealkylation sites (tertiary alicyclic amines) is 1. The average molecular weight is 325 g/mol. The van der Waals surface area contributed by atoms with Crippen LogP contribution in [-0.2, 0) is 24.1 Å². The SMILES string of the molecule is COCC(O)CN1CCC(NCc2nc3c(s2)CCC3)CC1. The number of aryl methyl sites for hydroxylation is 2. The first-order chi connectivity index (χ1) is 10.7. The molecule has 0 amide bonds. The summed E-state index contributed by atoms with van der Waals surface area (Å²) in [7, 11) is 1.63. The largest absolute Gasteiger partial charge is 0.389 e. The molecule has 0 radical (unpaired) electrons. The highest BCUT2D eigenvalue weighted by molar-refractivity contribution is 7.11. The topological polar surface area (TPSA) is 57.6 Å². The van der Waals surface area contributed by atoms with E-state index in [0.29, 0.717) is 12.6 Å². The van der Waals surface area contributed by atoms with Crippen LogP contribution in [0.4, 0.5) is 0 Å². The van der Waals surface area contributed by atoms with Gasteiger partial charge in [-0.1, -0.05) is 0 Å². The fourth-order valence-electron chi connectivity index (χ4n) is 3.41. The van der Waals surface area contributed by atoms with Gasteiger partial charge in [0.1, 0.15) is 5.01 Å². The molecule has 6 heteroatoms. The molecule has 1 saturated heterocycles. The third-order valence-electron chi connectivity index (χ3n) is 4.60. The lowest BCUT2D eigenvalue weighted by molar-refractivity contribution is 0.0310. The highest BCUT2D eigenvalue weighted by Crippen LogP contribution is 2.27. The van der Waals surface area contributed by atoms with E-state index in [2.05, 4.69) is 10.2 Å². The maximum Gasteiger partial charge on any atom is 0.107 e. The van der Waals surface area contributed by atoms with Gasteiger partial charge in [-0.3, -0.25) is 0 Å². The van der Waals surface area contributed by atoms with Gasteiger partial charge in [0.2, 0.25) is 0 Å². The van der Waals surface area contributed by atoms with Crippen molar-refractivity contribution in [2.24, 2.45) is 0 Å². The van der Waals surface area contributed by atoms with Crippen LogP contribution in [0.1, 0.15) is 34.8 Å². The Hall–Kier alpha value is -0.530. The predicted molar refractivity (Wildman–Crippen MR) is 88.3 cm³/mol. The molecule has 1 fully saturated rings. The maximum atomic E-state index is 9.79. The van der Waals surface area contributed by atoms with E-state index < -0.39 is 0 Å². The van der Waals surface area contributed by atoms with Gasteiger partial charge >= 0.3 is 0 Å². The van der Waals surface area contributed by atoms with Gasteiger partial charge < -0.3 is 20.1 Å². The summed E-state index contributed by atoms with van der Waals surface area (Å²) >= 11 is 1.89. The van der Waals surface area contributed by atoms with Crippen molar-refractivity contribution in [3.05, 3.63) is 15.6 Å². The van der Waals surface area contributed by atoms with Crippen LogP contribution >= 0.6 is 11.3 Å². The number of fused-ring (bicyclic) bond motifs is 1. The number of nitrogens with zero attached hydrogens (tertiary/aromatic N) is 2. The van der Waals surface area contributed by atoms with Crippen molar-refractivity contribution in [3.63, 3.8) is 0 Å². The van der Waals surface area contributed by atoms with Gasteiger partial charge in [-0.05, 0) is 45.2 Å². The molecule has 1 aromatic heterocycles. The number of nitrogens with one attached hydrogen (secondary N) is 1. The summed E-state index contributed by atoms with van der Waals surface area (Å²) in [4.78, 5) is 8.59. The van der Waals surface area contributed by atoms with Gasteiger partial charge in [0, 0.05) is 31.1 Å². The molecule has 5 nitrogen and oxygen atoms in total. The van der Waals surface area contributed by atoms with Gasteiger partial charge in [-0.15, -0.1) is 11.3 Å². The smallest absolute Gasteiger partial charge is 0.107 e. The number of ether oxygens (including phenoxy) is 1. The molecule has 0 saturated carbocycles. The summed E-state index contributed by atoms with van der Waals surface area (Å²) in [5.74, 6) is 0. The van der Waals surface area contributed by atoms with Crippen molar-refractivity contribution in [3.8, 4) is 0 Å². The van der Waals surface area contributed by atoms with Crippen LogP contribution in [0.25, 0.3) is 0 Å². The molecule has 1 atom stereocenters. The summed E-state index contributed by atoms with van der Waals surface area (Å²) in [5.41, 5.74) is 1.35. The van der Waals surface area contributed by atoms with Crippen molar-refractivity contribution in [2.75, 3.05) is 33.4 Å². The Morgan fingerprint density at radius 2 is 2.23 bits per heavy atom. The normalized spacial score (nSPS) is 21.2. The number of hydrogen-bond donors (Lipinski definition) is 2. The second-order valence-electron chi connectivity index (χ2n) is 6.40. The van der Waals surface area contributed by atoms with E-state index >= 15 is 0 Å². The lowest BCUT2D eigenvalue weighted by atomic mass is 10.0. The summed E-state index contributed by atoms with van der Waals surface area (Å²) in [6.07, 6.45) is 5.61. The zero-order valence-electron chi connectivity index (χ0n) is 13.4. The van der Waals surface area contributed by atoms with Gasteiger partial charge in [0.25, 0.3) is 0 Å². The fourth-order valence-corrected chi connectivity index (χ4v) is 4.52. The summed E-state index contributed by atoms with van der Waals surface area (Å²) < 4.78 is 4.98. The summed E-state index contributed by atoms with van der Waals surface area (Å²) in [6.45, 7) is 4.15. The molecule has 2 aliphatic rings. The second kappa shape index (κ2) is 7.84. The Balaban J connectivity index is 1.36. The molecule has 1 unspecified atom stereocenters. The Kier molecular flexibility index (Phi) is 5.82. The lowest BCUT2D eigenvalue weighted by Crippen LogP contribution is -2.45. The van der Waals surface area contributed by atoms with Gasteiger partial charge in [0.05, 0.1) is 18.4 Å². The first-order valence-electron chi connectivity index (χ1n) is 8.35. The monoisotopic (exact) mass is 325 g/mol. The van der Waals surface area contributed by atoms with Crippen LogP contribution in [-0.4, -0.2) is 60.5 Å². The van der Waals surface area contributed by atoms with E-state index in [1.807, 2.05) is 11.3 Å². The summed E-state index contributed by atoms with van der Waals surface area (Å²) in [6, 6.07) is 0.578. The molecule has 0 aromatic carbocycles. The molecule has 3 rings (SSSR count). The minimum Gasteiger partial charge on any atom is -0.389 e. The molecule has 0 spiro atoms. The Bertz CT molecular complexity index is 450. The predicted octanol–water partition coefficient (Wildman–Crippen LogP) is 1.19. The van der Waals surface area contributed by atoms with Crippen LogP contribution in [0, 0.1) is 0 Å². The van der Waals surface area contributed by atoms with Gasteiger partial charge in [0.15, 0.2) is 0 Å². The van der Waals surface area contributed by atoms with E-state index in [4.69, 9.17) is 9.72 Å². The Labute approximate surface area is 136 Å². The zero-order chi connectivity index (χ0) is 15.4. The standard InChI is InChI=1S/C16H27N3O2S/c1-21-11-13(20)10-19-7-5-12(6-8-19)17-9-16-18-14-3-2-4-15(14)22-16/h12-13,17,20H,2-11H2,1H3. The number of β-amino-alcohol motifs (C(OH)–C–C–N with tert-alkyl or cyclic N) is 1. The number of thiazole rings is 1. The number of piperidine rings is 1. The highest BCUT2D eigenvalue weighted by atomic mass is 32.1. The van der Waals surface area contributed by atoms with Crippen molar-refractivity contribution in [1.29, 1.82) is 0 Å². The number of hydrogen-bond acceptors (Lipinski definition) is 6. The van der Waals surface area contributed by atoms with E-state index in [-0.39, 0.29) is 6.10 Å². The van der Waals surface area contributed by atoms with Crippen LogP contribution < -0.4 is 5.32 Å². The molecule has 0 bridgehead atoms. The molecular formula is C16H27N3O2S. The quantitative estimate of drug-likeness (QED) is 0.789. The van der Waals surface area contributed by atoms with Gasteiger partial charge in [-0.2, -0.15) is 0 Å². The summed E-state index contributed by atoms with van der Waals surface area (Å²) in [5, 5.41) is 14.7. The molecule has 2 N–H and O–H groups in total. The van der Waals surface area contributed by atoms with Gasteiger partial charge in [-0.25, -0.2) is 4.98 Å². The van der Waals surface area contributed by atoms with E-state index in [9.17, 15) is 5.11 Å². The number of methoxy groups -OCH3 is 1. The fraction of sp³-hybridized carbons (Fsp3) is 0.812. The zero-order valence-corrected chi connectivity index (χ0v) is 14.2. The minimum atomic E-state index is -0.368. The van der Waals surface area contributed by atoms with Crippen molar-refractivity contribution >= 4 is 11.3 Å². The molecular weight excluding hydrogens is 298 g/mol. The number of aliphatic hydroxyl groups excluding tert-OH is 1. The third-order valence-corrected chi connectivity index (χ3v) is 5.75. The minimum absolute atomic E-state index is 0.368. The van der Waals surface area contributed by atoms with E-state index in [0.717, 1.165) is 39.0 Å². The van der Waals surface area contributed by atoms with Crippen LogP contribution in [0.3, 0.4) is 0 Å². The number of aliphatic hydroxyl groups is 1. The van der Waals surface area contributed by atoms with Crippen LogP contribution in [0.2, 0.25) is 0 Å². The number of aromatic nitrogens is 1. The second-order valence-corrected chi connectivity index (χ2v) is 7.56. The van der Waals surface area contributed by atoms with Crippen molar-refractivity contribution in [2.45, 2.75) is 50.8 Å². The van der Waals surface area contributed by atoms with Crippen LogP contribution in [0.15, 0.2) is 0 Å². The van der Waals surface area contributed by atoms with Crippen LogP contribution in [0.5, 0.6) is 0 Å². The average Bonchev–Trinajstić information content (AvgIpc) is 3.08. The first-order valence-corrected chi connectivity index (χ1v) is 9.16. The molecule has 22 heavy (non-hydrogen) atoms. The molecule has 124 valence electrons. The Morgan fingerprint density at radius 3 is 2.95 bits per heavy atom. The van der Waals surface area contributed by atoms with Crippen molar-refractivity contribution < 1.29 is 9.84 Å². The highest BCUT2D eigenvalue weighted by Gasteiger charge is 2.22. The Morgan fingerprint density at radius 1 is 1.41 bits per heavy atom. The van der Waals surface area contributed by atoms with E-state index in [1.165, 1.54) is 34.8 Å². The first kappa shape index (κ1) is 16.3. The third kappa shape index (κ3) is 4.26. The molecule has 1 aliphatic heterocycles. The van der Waals surface area contributed by atoms with E-state index in [1.54, 1.807) is 7.11 Å². The maximum absolute atomic E-state index is 9.79. The lowest BCUT2D eigenvalue weighted by Gasteiger charge is -2.33.